The minimum absolute atomic E-state index is 0.0146. The second kappa shape index (κ2) is 14.8. The number of halogens is 2. The number of anilines is 1. The van der Waals surface area contributed by atoms with E-state index in [0.717, 1.165) is 29.8 Å². The van der Waals surface area contributed by atoms with Crippen molar-refractivity contribution >= 4 is 33.3 Å². The molecule has 0 spiro atoms. The highest BCUT2D eigenvalue weighted by atomic mass is 35.5. The molecule has 0 amide bonds. The van der Waals surface area contributed by atoms with Crippen LogP contribution in [0, 0.1) is 11.2 Å². The summed E-state index contributed by atoms with van der Waals surface area (Å²) in [6, 6.07) is 8.30. The Bertz CT molecular complexity index is 1410. The summed E-state index contributed by atoms with van der Waals surface area (Å²) in [5.74, 6) is -1.02. The predicted molar refractivity (Wildman–Crippen MR) is 174 cm³/mol. The lowest BCUT2D eigenvalue weighted by Gasteiger charge is -2.38. The van der Waals surface area contributed by atoms with Crippen molar-refractivity contribution in [2.75, 3.05) is 59.6 Å². The average molecular weight is 655 g/mol. The largest absolute Gasteiger partial charge is 0.494 e. The normalized spacial score (nSPS) is 17.7. The molecule has 1 aliphatic rings. The minimum atomic E-state index is -3.63. The van der Waals surface area contributed by atoms with E-state index in [1.54, 1.807) is 6.07 Å². The number of sulfonamides is 1. The van der Waals surface area contributed by atoms with Gasteiger partial charge in [0.15, 0.2) is 11.6 Å². The van der Waals surface area contributed by atoms with Gasteiger partial charge in [-0.2, -0.15) is 4.31 Å². The zero-order valence-electron chi connectivity index (χ0n) is 27.5. The third-order valence-electron chi connectivity index (χ3n) is 7.78. The number of rotatable bonds is 13. The van der Waals surface area contributed by atoms with Crippen LogP contribution in [-0.2, 0) is 39.2 Å². The van der Waals surface area contributed by atoms with Gasteiger partial charge in [0.2, 0.25) is 10.0 Å². The summed E-state index contributed by atoms with van der Waals surface area (Å²) in [6.45, 7) is 8.01. The van der Waals surface area contributed by atoms with Gasteiger partial charge in [0, 0.05) is 62.6 Å². The summed E-state index contributed by atoms with van der Waals surface area (Å²) in [5.41, 5.74) is 2.90. The molecule has 0 saturated carbocycles. The van der Waals surface area contributed by atoms with Gasteiger partial charge >= 0.3 is 5.97 Å². The molecule has 2 unspecified atom stereocenters. The van der Waals surface area contributed by atoms with E-state index in [1.165, 1.54) is 24.6 Å². The van der Waals surface area contributed by atoms with Crippen molar-refractivity contribution in [2.24, 2.45) is 5.41 Å². The summed E-state index contributed by atoms with van der Waals surface area (Å²) >= 11 is 6.57. The van der Waals surface area contributed by atoms with Crippen LogP contribution >= 0.6 is 11.6 Å². The lowest BCUT2D eigenvalue weighted by molar-refractivity contribution is -0.144. The molecule has 1 aliphatic heterocycles. The molecule has 12 heteroatoms. The van der Waals surface area contributed by atoms with Crippen LogP contribution in [0.2, 0.25) is 5.02 Å². The molecule has 3 rings (SSSR count). The lowest BCUT2D eigenvalue weighted by Crippen LogP contribution is -2.43. The highest BCUT2D eigenvalue weighted by molar-refractivity contribution is 7.89. The van der Waals surface area contributed by atoms with Gasteiger partial charge in [0.1, 0.15) is 6.04 Å². The smallest absolute Gasteiger partial charge is 0.324 e. The summed E-state index contributed by atoms with van der Waals surface area (Å²) in [5, 5.41) is 0.323. The SMILES string of the molecule is COC(=O)C1CCS(=O)(=O)N1Cc1cc(CN(Cc2c(Cl)ccc(OC)c2F)C(CN(C)C)CC(C)(C)C)cc(N(C)C)c1. The number of hydrogen-bond acceptors (Lipinski definition) is 8. The van der Waals surface area contributed by atoms with E-state index in [1.807, 2.05) is 45.2 Å². The van der Waals surface area contributed by atoms with Gasteiger partial charge in [0.25, 0.3) is 0 Å². The molecule has 246 valence electrons. The van der Waals surface area contributed by atoms with Gasteiger partial charge in [-0.25, -0.2) is 12.8 Å². The number of likely N-dealkylation sites (N-methyl/N-ethyl adjacent to an activating group) is 1. The maximum absolute atomic E-state index is 15.6. The Kier molecular flexibility index (Phi) is 12.1. The van der Waals surface area contributed by atoms with Crippen molar-refractivity contribution in [3.05, 3.63) is 57.9 Å². The molecule has 2 atom stereocenters. The summed E-state index contributed by atoms with van der Waals surface area (Å²) < 4.78 is 52.9. The number of esters is 1. The monoisotopic (exact) mass is 654 g/mol. The fourth-order valence-electron chi connectivity index (χ4n) is 5.73. The topological polar surface area (TPSA) is 82.6 Å². The van der Waals surface area contributed by atoms with Crippen LogP contribution < -0.4 is 9.64 Å². The summed E-state index contributed by atoms with van der Waals surface area (Å²) in [6.07, 6.45) is 1.02. The first kappa shape index (κ1) is 36.0. The van der Waals surface area contributed by atoms with Gasteiger partial charge in [0.05, 0.1) is 20.0 Å². The Labute approximate surface area is 267 Å². The van der Waals surface area contributed by atoms with Crippen molar-refractivity contribution in [1.82, 2.24) is 14.1 Å². The van der Waals surface area contributed by atoms with E-state index in [2.05, 4.69) is 36.6 Å². The van der Waals surface area contributed by atoms with Crippen LogP contribution in [0.5, 0.6) is 5.75 Å². The molecule has 44 heavy (non-hydrogen) atoms. The standard InChI is InChI=1S/C32H48ClFN4O5S/c1-32(2,3)17-25(20-35(4)5)37(21-26-27(33)10-11-29(42-8)30(26)34)18-22-14-23(16-24(15-22)36(6)7)19-38-28(31(39)43-9)12-13-44(38,40)41/h10-11,14-16,25,28H,12-13,17-21H2,1-9H3. The Balaban J connectivity index is 2.10. The molecule has 9 nitrogen and oxygen atoms in total. The third-order valence-corrected chi connectivity index (χ3v) is 9.98. The first-order chi connectivity index (χ1) is 20.4. The molecule has 2 aromatic rings. The molecule has 0 N–H and O–H groups in total. The van der Waals surface area contributed by atoms with Gasteiger partial charge in [-0.05, 0) is 67.7 Å². The van der Waals surface area contributed by atoms with Crippen LogP contribution in [0.1, 0.15) is 50.3 Å². The average Bonchev–Trinajstić information content (AvgIpc) is 3.21. The molecule has 1 heterocycles. The van der Waals surface area contributed by atoms with Crippen molar-refractivity contribution in [3.8, 4) is 5.75 Å². The Morgan fingerprint density at radius 1 is 1.09 bits per heavy atom. The van der Waals surface area contributed by atoms with Gasteiger partial charge in [-0.15, -0.1) is 0 Å². The Hall–Kier alpha value is -2.44. The molecular formula is C32H48ClFN4O5S. The zero-order chi connectivity index (χ0) is 33.0. The summed E-state index contributed by atoms with van der Waals surface area (Å²) in [7, 11) is 6.95. The second-order valence-electron chi connectivity index (χ2n) is 13.2. The van der Waals surface area contributed by atoms with Crippen LogP contribution in [0.4, 0.5) is 10.1 Å². The van der Waals surface area contributed by atoms with E-state index in [4.69, 9.17) is 21.1 Å². The molecule has 0 bridgehead atoms. The number of carbonyl (C=O) groups excluding carboxylic acids is 1. The van der Waals surface area contributed by atoms with E-state index < -0.39 is 27.9 Å². The molecule has 0 aliphatic carbocycles. The summed E-state index contributed by atoms with van der Waals surface area (Å²) in [4.78, 5) is 18.8. The zero-order valence-corrected chi connectivity index (χ0v) is 29.1. The third kappa shape index (κ3) is 9.29. The van der Waals surface area contributed by atoms with Crippen LogP contribution in [-0.4, -0.2) is 95.3 Å². The van der Waals surface area contributed by atoms with Crippen molar-refractivity contribution < 1.29 is 27.1 Å². The van der Waals surface area contributed by atoms with Crippen molar-refractivity contribution in [2.45, 2.75) is 65.3 Å². The highest BCUT2D eigenvalue weighted by Gasteiger charge is 2.42. The predicted octanol–water partition coefficient (Wildman–Crippen LogP) is 5.00. The number of nitrogens with zero attached hydrogens (tertiary/aromatic N) is 4. The van der Waals surface area contributed by atoms with Gasteiger partial charge in [-0.1, -0.05) is 38.4 Å². The molecular weight excluding hydrogens is 607 g/mol. The van der Waals surface area contributed by atoms with E-state index in [0.29, 0.717) is 17.1 Å². The fraction of sp³-hybridized carbons (Fsp3) is 0.594. The van der Waals surface area contributed by atoms with E-state index >= 15 is 4.39 Å². The first-order valence-corrected chi connectivity index (χ1v) is 16.7. The number of hydrogen-bond donors (Lipinski definition) is 0. The molecule has 0 radical (unpaired) electrons. The Morgan fingerprint density at radius 3 is 2.32 bits per heavy atom. The molecule has 2 aromatic carbocycles. The van der Waals surface area contributed by atoms with Crippen LogP contribution in [0.15, 0.2) is 30.3 Å². The maximum Gasteiger partial charge on any atom is 0.324 e. The fourth-order valence-corrected chi connectivity index (χ4v) is 7.61. The number of carbonyl (C=O) groups is 1. The highest BCUT2D eigenvalue weighted by Crippen LogP contribution is 2.33. The molecule has 0 aromatic heterocycles. The molecule has 1 saturated heterocycles. The number of ether oxygens (including phenoxy) is 2. The van der Waals surface area contributed by atoms with E-state index in [9.17, 15) is 13.2 Å². The van der Waals surface area contributed by atoms with Crippen LogP contribution in [0.3, 0.4) is 0 Å². The van der Waals surface area contributed by atoms with Crippen molar-refractivity contribution in [1.29, 1.82) is 0 Å². The first-order valence-electron chi connectivity index (χ1n) is 14.7. The Morgan fingerprint density at radius 2 is 1.75 bits per heavy atom. The maximum atomic E-state index is 15.6. The van der Waals surface area contributed by atoms with E-state index in [-0.39, 0.29) is 42.5 Å². The van der Waals surface area contributed by atoms with Crippen molar-refractivity contribution in [3.63, 3.8) is 0 Å². The number of benzene rings is 2. The van der Waals surface area contributed by atoms with Gasteiger partial charge in [-0.3, -0.25) is 9.69 Å². The lowest BCUT2D eigenvalue weighted by atomic mass is 9.87. The quantitative estimate of drug-likeness (QED) is 0.279. The van der Waals surface area contributed by atoms with Crippen LogP contribution in [0.25, 0.3) is 0 Å². The second-order valence-corrected chi connectivity index (χ2v) is 15.7. The number of methoxy groups -OCH3 is 2. The van der Waals surface area contributed by atoms with Gasteiger partial charge < -0.3 is 19.3 Å². The molecule has 1 fully saturated rings. The minimum Gasteiger partial charge on any atom is -0.494 e.